The second-order valence-electron chi connectivity index (χ2n) is 4.36. The van der Waals surface area contributed by atoms with Crippen molar-refractivity contribution in [1.29, 1.82) is 0 Å². The largest absolute Gasteiger partial charge is 0.337 e. The van der Waals surface area contributed by atoms with Crippen LogP contribution in [-0.4, -0.2) is 38.1 Å². The maximum Gasteiger partial charge on any atom is 0.316 e. The van der Waals surface area contributed by atoms with E-state index in [4.69, 9.17) is 0 Å². The summed E-state index contributed by atoms with van der Waals surface area (Å²) in [4.78, 5) is 12.8. The lowest BCUT2D eigenvalue weighted by molar-refractivity contribution is 0.217. The van der Waals surface area contributed by atoms with Gasteiger partial charge < -0.3 is 15.5 Å². The summed E-state index contributed by atoms with van der Waals surface area (Å²) in [5.41, 5.74) is 1.23. The molecule has 0 aliphatic carbocycles. The van der Waals surface area contributed by atoms with E-state index >= 15 is 0 Å². The van der Waals surface area contributed by atoms with E-state index in [1.54, 1.807) is 14.1 Å². The van der Waals surface area contributed by atoms with Gasteiger partial charge in [-0.2, -0.15) is 0 Å². The topological polar surface area (TPSA) is 44.4 Å². The molecular weight excluding hydrogens is 294 g/mol. The summed E-state index contributed by atoms with van der Waals surface area (Å²) in [5, 5.41) is 6.18. The summed E-state index contributed by atoms with van der Waals surface area (Å²) in [6.07, 6.45) is 0. The molecule has 4 nitrogen and oxygen atoms in total. The number of carbonyl (C=O) groups excluding carboxylic acids is 1. The zero-order valence-corrected chi connectivity index (χ0v) is 12.6. The van der Waals surface area contributed by atoms with Gasteiger partial charge in [0.15, 0.2) is 0 Å². The molecule has 5 heteroatoms. The van der Waals surface area contributed by atoms with Gasteiger partial charge in [0.1, 0.15) is 0 Å². The number of rotatable bonds is 5. The summed E-state index contributed by atoms with van der Waals surface area (Å²) < 4.78 is 1.08. The lowest BCUT2D eigenvalue weighted by atomic mass is 10.1. The molecule has 0 bridgehead atoms. The molecule has 0 saturated carbocycles. The molecule has 1 unspecified atom stereocenters. The molecule has 0 spiro atoms. The zero-order chi connectivity index (χ0) is 13.5. The number of hydrogen-bond acceptors (Lipinski definition) is 2. The molecule has 1 atom stereocenters. The Balaban J connectivity index is 2.29. The third-order valence-corrected chi connectivity index (χ3v) is 3.10. The Morgan fingerprint density at radius 1 is 1.39 bits per heavy atom. The highest BCUT2D eigenvalue weighted by atomic mass is 79.9. The van der Waals surface area contributed by atoms with Gasteiger partial charge >= 0.3 is 6.03 Å². The van der Waals surface area contributed by atoms with Crippen LogP contribution in [0, 0.1) is 0 Å². The first-order chi connectivity index (χ1) is 8.50. The molecule has 0 radical (unpaired) electrons. The van der Waals surface area contributed by atoms with Crippen LogP contribution >= 0.6 is 15.9 Å². The number of urea groups is 1. The Morgan fingerprint density at radius 3 is 2.72 bits per heavy atom. The number of nitrogens with one attached hydrogen (secondary N) is 2. The standard InChI is InChI=1S/C13H20BrN3O/c1-10(11-5-4-6-12(14)9-11)15-7-8-16-13(18)17(2)3/h4-6,9-10,15H,7-8H2,1-3H3,(H,16,18). The molecule has 0 aliphatic heterocycles. The van der Waals surface area contributed by atoms with Crippen molar-refractivity contribution in [1.82, 2.24) is 15.5 Å². The quantitative estimate of drug-likeness (QED) is 0.820. The second kappa shape index (κ2) is 7.38. The highest BCUT2D eigenvalue weighted by Crippen LogP contribution is 2.17. The zero-order valence-electron chi connectivity index (χ0n) is 11.0. The van der Waals surface area contributed by atoms with E-state index in [0.29, 0.717) is 6.54 Å². The van der Waals surface area contributed by atoms with Crippen LogP contribution < -0.4 is 10.6 Å². The number of hydrogen-bond donors (Lipinski definition) is 2. The van der Waals surface area contributed by atoms with Crippen LogP contribution in [0.25, 0.3) is 0 Å². The van der Waals surface area contributed by atoms with Gasteiger partial charge in [-0.05, 0) is 24.6 Å². The van der Waals surface area contributed by atoms with Gasteiger partial charge in [0.2, 0.25) is 0 Å². The van der Waals surface area contributed by atoms with Crippen molar-refractivity contribution in [3.63, 3.8) is 0 Å². The van der Waals surface area contributed by atoms with Gasteiger partial charge in [-0.3, -0.25) is 0 Å². The van der Waals surface area contributed by atoms with Gasteiger partial charge in [-0.25, -0.2) is 4.79 Å². The molecule has 0 aliphatic rings. The number of halogens is 1. The molecule has 0 heterocycles. The molecule has 0 aromatic heterocycles. The summed E-state index contributed by atoms with van der Waals surface area (Å²) >= 11 is 3.46. The first kappa shape index (κ1) is 15.0. The number of nitrogens with zero attached hydrogens (tertiary/aromatic N) is 1. The molecule has 1 aromatic carbocycles. The number of amides is 2. The molecule has 18 heavy (non-hydrogen) atoms. The Kier molecular flexibility index (Phi) is 6.15. The van der Waals surface area contributed by atoms with Crippen LogP contribution in [0.1, 0.15) is 18.5 Å². The fourth-order valence-corrected chi connectivity index (χ4v) is 1.93. The third-order valence-electron chi connectivity index (χ3n) is 2.61. The fraction of sp³-hybridized carbons (Fsp3) is 0.462. The molecule has 1 rings (SSSR count). The molecule has 100 valence electrons. The Bertz CT molecular complexity index is 396. The minimum absolute atomic E-state index is 0.0630. The van der Waals surface area contributed by atoms with Crippen LogP contribution in [0.2, 0.25) is 0 Å². The molecule has 2 N–H and O–H groups in total. The summed E-state index contributed by atoms with van der Waals surface area (Å²) in [6, 6.07) is 8.40. The van der Waals surface area contributed by atoms with Crippen LogP contribution in [0.4, 0.5) is 4.79 Å². The second-order valence-corrected chi connectivity index (χ2v) is 5.27. The van der Waals surface area contributed by atoms with E-state index in [1.807, 2.05) is 12.1 Å². The van der Waals surface area contributed by atoms with Crippen LogP contribution in [0.5, 0.6) is 0 Å². The maximum absolute atomic E-state index is 11.3. The van der Waals surface area contributed by atoms with Crippen molar-refractivity contribution in [3.05, 3.63) is 34.3 Å². The lowest BCUT2D eigenvalue weighted by Gasteiger charge is -2.16. The van der Waals surface area contributed by atoms with E-state index in [9.17, 15) is 4.79 Å². The minimum atomic E-state index is -0.0630. The predicted molar refractivity (Wildman–Crippen MR) is 77.6 cm³/mol. The lowest BCUT2D eigenvalue weighted by Crippen LogP contribution is -2.38. The molecular formula is C13H20BrN3O. The molecule has 0 fully saturated rings. The Labute approximate surface area is 117 Å². The van der Waals surface area contributed by atoms with Crippen LogP contribution in [0.3, 0.4) is 0 Å². The summed E-state index contributed by atoms with van der Waals surface area (Å²) in [5.74, 6) is 0. The van der Waals surface area contributed by atoms with Gasteiger partial charge in [0, 0.05) is 37.7 Å². The fourth-order valence-electron chi connectivity index (χ4n) is 1.51. The van der Waals surface area contributed by atoms with E-state index in [0.717, 1.165) is 11.0 Å². The highest BCUT2D eigenvalue weighted by molar-refractivity contribution is 9.10. The SMILES string of the molecule is CC(NCCNC(=O)N(C)C)c1cccc(Br)c1. The summed E-state index contributed by atoms with van der Waals surface area (Å²) in [6.45, 7) is 3.47. The van der Waals surface area contributed by atoms with Crippen molar-refractivity contribution in [2.45, 2.75) is 13.0 Å². The summed E-state index contributed by atoms with van der Waals surface area (Å²) in [7, 11) is 3.46. The van der Waals surface area contributed by atoms with Gasteiger partial charge in [0.25, 0.3) is 0 Å². The van der Waals surface area contributed by atoms with E-state index < -0.39 is 0 Å². The van der Waals surface area contributed by atoms with Crippen LogP contribution in [-0.2, 0) is 0 Å². The van der Waals surface area contributed by atoms with Crippen molar-refractivity contribution in [2.24, 2.45) is 0 Å². The van der Waals surface area contributed by atoms with Gasteiger partial charge in [-0.1, -0.05) is 28.1 Å². The van der Waals surface area contributed by atoms with E-state index in [1.165, 1.54) is 10.5 Å². The van der Waals surface area contributed by atoms with E-state index in [-0.39, 0.29) is 12.1 Å². The first-order valence-corrected chi connectivity index (χ1v) is 6.74. The Hall–Kier alpha value is -1.07. The highest BCUT2D eigenvalue weighted by Gasteiger charge is 2.05. The number of benzene rings is 1. The average Bonchev–Trinajstić information content (AvgIpc) is 2.33. The van der Waals surface area contributed by atoms with Crippen molar-refractivity contribution < 1.29 is 4.79 Å². The third kappa shape index (κ3) is 5.06. The first-order valence-electron chi connectivity index (χ1n) is 5.94. The number of carbonyl (C=O) groups is 1. The normalized spacial score (nSPS) is 12.0. The Morgan fingerprint density at radius 2 is 2.11 bits per heavy atom. The molecule has 1 aromatic rings. The van der Waals surface area contributed by atoms with Crippen molar-refractivity contribution in [3.8, 4) is 0 Å². The van der Waals surface area contributed by atoms with Gasteiger partial charge in [0.05, 0.1) is 0 Å². The maximum atomic E-state index is 11.3. The van der Waals surface area contributed by atoms with Crippen molar-refractivity contribution >= 4 is 22.0 Å². The van der Waals surface area contributed by atoms with Gasteiger partial charge in [-0.15, -0.1) is 0 Å². The minimum Gasteiger partial charge on any atom is -0.337 e. The monoisotopic (exact) mass is 313 g/mol. The molecule has 2 amide bonds. The average molecular weight is 314 g/mol. The van der Waals surface area contributed by atoms with Crippen LogP contribution in [0.15, 0.2) is 28.7 Å². The van der Waals surface area contributed by atoms with Crippen molar-refractivity contribution in [2.75, 3.05) is 27.2 Å². The van der Waals surface area contributed by atoms with E-state index in [2.05, 4.69) is 45.6 Å². The molecule has 0 saturated heterocycles. The smallest absolute Gasteiger partial charge is 0.316 e. The predicted octanol–water partition coefficient (Wildman–Crippen LogP) is 2.37.